The van der Waals surface area contributed by atoms with Gasteiger partial charge in [0.25, 0.3) is 5.91 Å². The number of morpholine rings is 1. The maximum atomic E-state index is 12.0. The minimum atomic E-state index is -0.418. The van der Waals surface area contributed by atoms with Gasteiger partial charge in [0.2, 0.25) is 0 Å². The molecule has 3 rings (SSSR count). The largest absolute Gasteiger partial charge is 0.365 e. The van der Waals surface area contributed by atoms with Gasteiger partial charge < -0.3 is 15.0 Å². The van der Waals surface area contributed by atoms with Crippen LogP contribution in [0.3, 0.4) is 0 Å². The number of amides is 1. The summed E-state index contributed by atoms with van der Waals surface area (Å²) in [4.78, 5) is 18.0. The van der Waals surface area contributed by atoms with Crippen LogP contribution in [-0.2, 0) is 9.53 Å². The van der Waals surface area contributed by atoms with E-state index in [0.717, 1.165) is 25.1 Å². The Labute approximate surface area is 116 Å². The highest BCUT2D eigenvalue weighted by Crippen LogP contribution is 2.26. The van der Waals surface area contributed by atoms with Gasteiger partial charge in [0.1, 0.15) is 0 Å². The molecule has 1 amide bonds. The van der Waals surface area contributed by atoms with Gasteiger partial charge in [-0.1, -0.05) is 11.6 Å². The molecule has 1 aromatic rings. The van der Waals surface area contributed by atoms with Crippen LogP contribution in [0.5, 0.6) is 0 Å². The van der Waals surface area contributed by atoms with E-state index in [2.05, 4.69) is 15.2 Å². The number of rotatable bonds is 3. The zero-order valence-electron chi connectivity index (χ0n) is 10.5. The highest BCUT2D eigenvalue weighted by Gasteiger charge is 2.31. The van der Waals surface area contributed by atoms with Crippen molar-refractivity contribution in [2.24, 2.45) is 0 Å². The molecule has 6 heteroatoms. The van der Waals surface area contributed by atoms with Crippen LogP contribution in [0.4, 0.5) is 5.69 Å². The number of halogens is 1. The van der Waals surface area contributed by atoms with E-state index in [1.54, 1.807) is 12.4 Å². The van der Waals surface area contributed by atoms with Crippen LogP contribution >= 0.6 is 11.6 Å². The van der Waals surface area contributed by atoms with E-state index in [1.165, 1.54) is 0 Å². The van der Waals surface area contributed by atoms with E-state index >= 15 is 0 Å². The van der Waals surface area contributed by atoms with Gasteiger partial charge >= 0.3 is 0 Å². The molecule has 2 heterocycles. The predicted molar refractivity (Wildman–Crippen MR) is 72.4 cm³/mol. The molecule has 5 nitrogen and oxygen atoms in total. The summed E-state index contributed by atoms with van der Waals surface area (Å²) in [5.74, 6) is -0.0163. The highest BCUT2D eigenvalue weighted by atomic mass is 35.5. The van der Waals surface area contributed by atoms with E-state index in [9.17, 15) is 4.79 Å². The molecule has 2 fully saturated rings. The third-order valence-corrected chi connectivity index (χ3v) is 3.67. The molecule has 102 valence electrons. The number of hydrogen-bond donors (Lipinski definition) is 1. The lowest BCUT2D eigenvalue weighted by atomic mass is 10.2. The summed E-state index contributed by atoms with van der Waals surface area (Å²) >= 11 is 6.13. The first-order valence-corrected chi connectivity index (χ1v) is 6.88. The summed E-state index contributed by atoms with van der Waals surface area (Å²) in [6.45, 7) is 1.79. The number of nitrogens with one attached hydrogen (secondary N) is 1. The summed E-state index contributed by atoms with van der Waals surface area (Å²) in [7, 11) is 0. The zero-order valence-corrected chi connectivity index (χ0v) is 11.3. The summed E-state index contributed by atoms with van der Waals surface area (Å²) in [5, 5.41) is 3.58. The fourth-order valence-electron chi connectivity index (χ4n) is 2.17. The Kier molecular flexibility index (Phi) is 3.57. The van der Waals surface area contributed by atoms with Crippen molar-refractivity contribution in [1.82, 2.24) is 10.3 Å². The van der Waals surface area contributed by atoms with E-state index in [1.807, 2.05) is 6.07 Å². The van der Waals surface area contributed by atoms with Crippen LogP contribution in [0.2, 0.25) is 5.02 Å². The van der Waals surface area contributed by atoms with Crippen molar-refractivity contribution in [3.63, 3.8) is 0 Å². The normalized spacial score (nSPS) is 23.2. The van der Waals surface area contributed by atoms with Crippen molar-refractivity contribution in [3.8, 4) is 0 Å². The molecule has 1 atom stereocenters. The number of nitrogens with zero attached hydrogens (tertiary/aromatic N) is 2. The summed E-state index contributed by atoms with van der Waals surface area (Å²) in [6.07, 6.45) is 5.07. The Morgan fingerprint density at radius 2 is 2.37 bits per heavy atom. The van der Waals surface area contributed by atoms with Crippen molar-refractivity contribution in [2.45, 2.75) is 25.0 Å². The molecule has 1 unspecified atom stereocenters. The Morgan fingerprint density at radius 1 is 1.53 bits per heavy atom. The SMILES string of the molecule is O=C(NC1CC1)C1CN(c2ccncc2Cl)CCO1. The maximum Gasteiger partial charge on any atom is 0.251 e. The molecule has 0 spiro atoms. The fourth-order valence-corrected chi connectivity index (χ4v) is 2.41. The Morgan fingerprint density at radius 3 is 3.11 bits per heavy atom. The summed E-state index contributed by atoms with van der Waals surface area (Å²) in [6, 6.07) is 2.22. The average molecular weight is 282 g/mol. The first-order chi connectivity index (χ1) is 9.24. The molecule has 1 saturated heterocycles. The monoisotopic (exact) mass is 281 g/mol. The molecular formula is C13H16ClN3O2. The molecule has 0 radical (unpaired) electrons. The molecule has 2 aliphatic rings. The molecule has 1 aromatic heterocycles. The maximum absolute atomic E-state index is 12.0. The van der Waals surface area contributed by atoms with Crippen LogP contribution in [-0.4, -0.2) is 42.7 Å². The van der Waals surface area contributed by atoms with Gasteiger partial charge in [-0.3, -0.25) is 9.78 Å². The average Bonchev–Trinajstić information content (AvgIpc) is 3.23. The summed E-state index contributed by atoms with van der Waals surface area (Å²) < 4.78 is 5.55. The molecule has 19 heavy (non-hydrogen) atoms. The second-order valence-corrected chi connectivity index (χ2v) is 5.32. The second kappa shape index (κ2) is 5.35. The number of carbonyl (C=O) groups is 1. The van der Waals surface area contributed by atoms with Crippen molar-refractivity contribution >= 4 is 23.2 Å². The lowest BCUT2D eigenvalue weighted by Gasteiger charge is -2.34. The van der Waals surface area contributed by atoms with Crippen molar-refractivity contribution in [1.29, 1.82) is 0 Å². The third kappa shape index (κ3) is 2.98. The predicted octanol–water partition coefficient (Wildman–Crippen LogP) is 1.22. The quantitative estimate of drug-likeness (QED) is 0.905. The standard InChI is InChI=1S/C13H16ClN3O2/c14-10-7-15-4-3-11(10)17-5-6-19-12(8-17)13(18)16-9-1-2-9/h3-4,7,9,12H,1-2,5-6,8H2,(H,16,18). The van der Waals surface area contributed by atoms with Gasteiger partial charge in [0.15, 0.2) is 6.10 Å². The Hall–Kier alpha value is -1.33. The minimum Gasteiger partial charge on any atom is -0.365 e. The van der Waals surface area contributed by atoms with Crippen molar-refractivity contribution in [2.75, 3.05) is 24.6 Å². The minimum absolute atomic E-state index is 0.0163. The van der Waals surface area contributed by atoms with Gasteiger partial charge in [-0.25, -0.2) is 0 Å². The van der Waals surface area contributed by atoms with Crippen molar-refractivity contribution in [3.05, 3.63) is 23.5 Å². The van der Waals surface area contributed by atoms with Crippen LogP contribution < -0.4 is 10.2 Å². The van der Waals surface area contributed by atoms with Gasteiger partial charge in [0.05, 0.1) is 23.9 Å². The first-order valence-electron chi connectivity index (χ1n) is 6.50. The fraction of sp³-hybridized carbons (Fsp3) is 0.538. The van der Waals surface area contributed by atoms with Gasteiger partial charge in [-0.2, -0.15) is 0 Å². The van der Waals surface area contributed by atoms with Crippen LogP contribution in [0.15, 0.2) is 18.5 Å². The van der Waals surface area contributed by atoms with Gasteiger partial charge in [-0.05, 0) is 18.9 Å². The smallest absolute Gasteiger partial charge is 0.251 e. The zero-order chi connectivity index (χ0) is 13.2. The Balaban J connectivity index is 1.67. The number of hydrogen-bond acceptors (Lipinski definition) is 4. The molecule has 1 aliphatic heterocycles. The lowest BCUT2D eigenvalue weighted by molar-refractivity contribution is -0.133. The molecule has 1 N–H and O–H groups in total. The molecule has 0 bridgehead atoms. The number of carbonyl (C=O) groups excluding carboxylic acids is 1. The van der Waals surface area contributed by atoms with E-state index in [0.29, 0.717) is 24.2 Å². The van der Waals surface area contributed by atoms with Crippen molar-refractivity contribution < 1.29 is 9.53 Å². The lowest BCUT2D eigenvalue weighted by Crippen LogP contribution is -2.50. The molecule has 1 saturated carbocycles. The number of anilines is 1. The van der Waals surface area contributed by atoms with Crippen LogP contribution in [0.25, 0.3) is 0 Å². The topological polar surface area (TPSA) is 54.5 Å². The van der Waals surface area contributed by atoms with Gasteiger partial charge in [-0.15, -0.1) is 0 Å². The van der Waals surface area contributed by atoms with Crippen LogP contribution in [0.1, 0.15) is 12.8 Å². The second-order valence-electron chi connectivity index (χ2n) is 4.92. The molecule has 1 aliphatic carbocycles. The van der Waals surface area contributed by atoms with E-state index < -0.39 is 6.10 Å². The number of aromatic nitrogens is 1. The number of ether oxygens (including phenoxy) is 1. The summed E-state index contributed by atoms with van der Waals surface area (Å²) in [5.41, 5.74) is 0.907. The highest BCUT2D eigenvalue weighted by molar-refractivity contribution is 6.33. The third-order valence-electron chi connectivity index (χ3n) is 3.37. The van der Waals surface area contributed by atoms with E-state index in [-0.39, 0.29) is 5.91 Å². The first kappa shape index (κ1) is 12.7. The van der Waals surface area contributed by atoms with Gasteiger partial charge in [0, 0.05) is 25.0 Å². The Bertz CT molecular complexity index is 479. The van der Waals surface area contributed by atoms with Crippen LogP contribution in [0, 0.1) is 0 Å². The molecular weight excluding hydrogens is 266 g/mol. The molecule has 0 aromatic carbocycles. The number of pyridine rings is 1. The van der Waals surface area contributed by atoms with E-state index in [4.69, 9.17) is 16.3 Å².